The quantitative estimate of drug-likeness (QED) is 0.774. The molecule has 0 saturated carbocycles. The molecule has 0 aromatic carbocycles. The molecule has 1 aromatic rings. The lowest BCUT2D eigenvalue weighted by Crippen LogP contribution is -2.16. The lowest BCUT2D eigenvalue weighted by atomic mass is 10.2. The van der Waals surface area contributed by atoms with Crippen molar-refractivity contribution < 1.29 is 4.74 Å². The molecule has 0 radical (unpaired) electrons. The second-order valence-electron chi connectivity index (χ2n) is 4.04. The van der Waals surface area contributed by atoms with E-state index in [2.05, 4.69) is 12.0 Å². The summed E-state index contributed by atoms with van der Waals surface area (Å²) < 4.78 is 7.59. The van der Waals surface area contributed by atoms with Crippen LogP contribution in [0.15, 0.2) is 6.20 Å². The smallest absolute Gasteiger partial charge is 0.0822 e. The predicted molar refractivity (Wildman–Crippen MR) is 54.9 cm³/mol. The summed E-state index contributed by atoms with van der Waals surface area (Å²) in [5.74, 6) is 0. The first-order chi connectivity index (χ1) is 6.65. The minimum atomic E-state index is 0.309. The minimum Gasteiger partial charge on any atom is -0.396 e. The van der Waals surface area contributed by atoms with Gasteiger partial charge in [0.1, 0.15) is 0 Å². The van der Waals surface area contributed by atoms with Crippen LogP contribution in [0.2, 0.25) is 0 Å². The fourth-order valence-corrected chi connectivity index (χ4v) is 1.85. The molecule has 1 fully saturated rings. The molecule has 0 aliphatic carbocycles. The number of hydrogen-bond donors (Lipinski definition) is 1. The molecule has 2 rings (SSSR count). The number of nitrogens with two attached hydrogens (primary N) is 1. The number of aromatic nitrogens is 2. The molecule has 2 N–H and O–H groups in total. The summed E-state index contributed by atoms with van der Waals surface area (Å²) in [5, 5.41) is 4.31. The summed E-state index contributed by atoms with van der Waals surface area (Å²) in [6.07, 6.45) is 4.86. The monoisotopic (exact) mass is 195 g/mol. The predicted octanol–water partition coefficient (Wildman–Crippen LogP) is 1.34. The molecule has 0 spiro atoms. The largest absolute Gasteiger partial charge is 0.396 e. The highest BCUT2D eigenvalue weighted by atomic mass is 16.5. The number of aryl methyl sites for hydroxylation is 1. The number of nitrogen functional groups attached to an aromatic ring is 1. The fraction of sp³-hybridized carbons (Fsp3) is 0.700. The standard InChI is InChI=1S/C10H17N3O/c1-7-3-4-9(14-7)5-13-6-10(11)8(2)12-13/h6-7,9H,3-5,11H2,1-2H3. The molecule has 0 amide bonds. The van der Waals surface area contributed by atoms with Crippen molar-refractivity contribution in [3.63, 3.8) is 0 Å². The summed E-state index contributed by atoms with van der Waals surface area (Å²) >= 11 is 0. The zero-order valence-electron chi connectivity index (χ0n) is 8.73. The van der Waals surface area contributed by atoms with Crippen LogP contribution >= 0.6 is 0 Å². The Kier molecular flexibility index (Phi) is 2.46. The average Bonchev–Trinajstić information content (AvgIpc) is 2.62. The van der Waals surface area contributed by atoms with Gasteiger partial charge in [0, 0.05) is 6.20 Å². The Hall–Kier alpha value is -1.03. The summed E-state index contributed by atoms with van der Waals surface area (Å²) in [6, 6.07) is 0. The highest BCUT2D eigenvalue weighted by Gasteiger charge is 2.22. The van der Waals surface area contributed by atoms with Gasteiger partial charge in [-0.3, -0.25) is 4.68 Å². The van der Waals surface area contributed by atoms with Crippen molar-refractivity contribution in [1.29, 1.82) is 0 Å². The van der Waals surface area contributed by atoms with Crippen LogP contribution in [0.1, 0.15) is 25.5 Å². The van der Waals surface area contributed by atoms with Gasteiger partial charge in [0.05, 0.1) is 30.1 Å². The van der Waals surface area contributed by atoms with Crippen LogP contribution in [0.5, 0.6) is 0 Å². The van der Waals surface area contributed by atoms with Crippen molar-refractivity contribution in [1.82, 2.24) is 9.78 Å². The van der Waals surface area contributed by atoms with E-state index < -0.39 is 0 Å². The van der Waals surface area contributed by atoms with E-state index in [0.29, 0.717) is 12.2 Å². The van der Waals surface area contributed by atoms with Gasteiger partial charge in [-0.05, 0) is 26.7 Å². The SMILES string of the molecule is Cc1nn(CC2CCC(C)O2)cc1N. The summed E-state index contributed by atoms with van der Waals surface area (Å²) in [6.45, 7) is 4.86. The van der Waals surface area contributed by atoms with Gasteiger partial charge in [0.2, 0.25) is 0 Å². The lowest BCUT2D eigenvalue weighted by molar-refractivity contribution is 0.0437. The topological polar surface area (TPSA) is 53.1 Å². The molecule has 1 aliphatic rings. The number of hydrogen-bond acceptors (Lipinski definition) is 3. The van der Waals surface area contributed by atoms with Crippen molar-refractivity contribution in [2.75, 3.05) is 5.73 Å². The molecule has 2 heterocycles. The molecule has 1 saturated heterocycles. The second-order valence-corrected chi connectivity index (χ2v) is 4.04. The van der Waals surface area contributed by atoms with Crippen LogP contribution in [0, 0.1) is 6.92 Å². The molecule has 2 atom stereocenters. The van der Waals surface area contributed by atoms with Crippen LogP contribution in [-0.4, -0.2) is 22.0 Å². The third-order valence-corrected chi connectivity index (χ3v) is 2.69. The maximum atomic E-state index is 5.72. The molecule has 2 unspecified atom stereocenters. The van der Waals surface area contributed by atoms with E-state index >= 15 is 0 Å². The average molecular weight is 195 g/mol. The molecule has 0 bridgehead atoms. The maximum absolute atomic E-state index is 5.72. The second kappa shape index (κ2) is 3.61. The van der Waals surface area contributed by atoms with Gasteiger partial charge in [-0.2, -0.15) is 5.10 Å². The van der Waals surface area contributed by atoms with E-state index in [-0.39, 0.29) is 0 Å². The molecule has 14 heavy (non-hydrogen) atoms. The zero-order chi connectivity index (χ0) is 10.1. The van der Waals surface area contributed by atoms with Gasteiger partial charge >= 0.3 is 0 Å². The van der Waals surface area contributed by atoms with Crippen molar-refractivity contribution in [3.05, 3.63) is 11.9 Å². The Balaban J connectivity index is 1.97. The number of anilines is 1. The Morgan fingerprint density at radius 3 is 2.93 bits per heavy atom. The lowest BCUT2D eigenvalue weighted by Gasteiger charge is -2.10. The van der Waals surface area contributed by atoms with Crippen LogP contribution in [0.4, 0.5) is 5.69 Å². The van der Waals surface area contributed by atoms with E-state index in [0.717, 1.165) is 30.8 Å². The molecule has 4 heteroatoms. The van der Waals surface area contributed by atoms with Gasteiger partial charge in [0.15, 0.2) is 0 Å². The third-order valence-electron chi connectivity index (χ3n) is 2.69. The van der Waals surface area contributed by atoms with Gasteiger partial charge in [-0.25, -0.2) is 0 Å². The fourth-order valence-electron chi connectivity index (χ4n) is 1.85. The molecule has 4 nitrogen and oxygen atoms in total. The Labute approximate surface area is 84.0 Å². The van der Waals surface area contributed by atoms with Gasteiger partial charge in [-0.15, -0.1) is 0 Å². The number of nitrogens with zero attached hydrogens (tertiary/aromatic N) is 2. The molecular weight excluding hydrogens is 178 g/mol. The van der Waals surface area contributed by atoms with Crippen LogP contribution < -0.4 is 5.73 Å². The highest BCUT2D eigenvalue weighted by molar-refractivity contribution is 5.39. The Bertz CT molecular complexity index is 302. The summed E-state index contributed by atoms with van der Waals surface area (Å²) in [4.78, 5) is 0. The first-order valence-electron chi connectivity index (χ1n) is 5.10. The normalized spacial score (nSPS) is 27.0. The first kappa shape index (κ1) is 9.52. The van der Waals surface area contributed by atoms with Crippen molar-refractivity contribution in [2.24, 2.45) is 0 Å². The van der Waals surface area contributed by atoms with Gasteiger partial charge in [-0.1, -0.05) is 0 Å². The van der Waals surface area contributed by atoms with Gasteiger partial charge < -0.3 is 10.5 Å². The van der Waals surface area contributed by atoms with Crippen LogP contribution in [0.25, 0.3) is 0 Å². The van der Waals surface area contributed by atoms with Gasteiger partial charge in [0.25, 0.3) is 0 Å². The van der Waals surface area contributed by atoms with E-state index in [9.17, 15) is 0 Å². The molecular formula is C10H17N3O. The zero-order valence-corrected chi connectivity index (χ0v) is 8.73. The summed E-state index contributed by atoms with van der Waals surface area (Å²) in [5.41, 5.74) is 7.38. The summed E-state index contributed by atoms with van der Waals surface area (Å²) in [7, 11) is 0. The highest BCUT2D eigenvalue weighted by Crippen LogP contribution is 2.20. The minimum absolute atomic E-state index is 0.309. The van der Waals surface area contributed by atoms with E-state index in [4.69, 9.17) is 10.5 Å². The third kappa shape index (κ3) is 1.90. The Morgan fingerprint density at radius 1 is 1.64 bits per heavy atom. The van der Waals surface area contributed by atoms with E-state index in [1.54, 1.807) is 0 Å². The Morgan fingerprint density at radius 2 is 2.43 bits per heavy atom. The van der Waals surface area contributed by atoms with E-state index in [1.807, 2.05) is 17.8 Å². The molecule has 1 aliphatic heterocycles. The number of ether oxygens (including phenoxy) is 1. The maximum Gasteiger partial charge on any atom is 0.0822 e. The van der Waals surface area contributed by atoms with Crippen LogP contribution in [-0.2, 0) is 11.3 Å². The number of rotatable bonds is 2. The van der Waals surface area contributed by atoms with Crippen molar-refractivity contribution >= 4 is 5.69 Å². The van der Waals surface area contributed by atoms with E-state index in [1.165, 1.54) is 0 Å². The van der Waals surface area contributed by atoms with Crippen molar-refractivity contribution in [2.45, 2.75) is 45.4 Å². The van der Waals surface area contributed by atoms with Crippen LogP contribution in [0.3, 0.4) is 0 Å². The molecule has 1 aromatic heterocycles. The van der Waals surface area contributed by atoms with Crippen molar-refractivity contribution in [3.8, 4) is 0 Å². The molecule has 78 valence electrons. The first-order valence-corrected chi connectivity index (χ1v) is 5.10.